The van der Waals surface area contributed by atoms with Crippen LogP contribution in [0.1, 0.15) is 11.1 Å². The number of halogens is 2. The van der Waals surface area contributed by atoms with E-state index in [1.54, 1.807) is 18.2 Å². The number of carbonyl (C=O) groups is 2. The summed E-state index contributed by atoms with van der Waals surface area (Å²) in [5.74, 6) is 0.0329. The fourth-order valence-corrected chi connectivity index (χ4v) is 4.74. The Morgan fingerprint density at radius 2 is 1.72 bits per heavy atom. The van der Waals surface area contributed by atoms with Crippen molar-refractivity contribution in [1.82, 2.24) is 4.90 Å². The number of rotatable bonds is 4. The Morgan fingerprint density at radius 1 is 1.03 bits per heavy atom. The second kappa shape index (κ2) is 8.11. The van der Waals surface area contributed by atoms with Gasteiger partial charge in [0, 0.05) is 0 Å². The fraction of sp³-hybridized carbons (Fsp3) is 0.0909. The van der Waals surface area contributed by atoms with Crippen LogP contribution < -0.4 is 4.74 Å². The largest absolute Gasteiger partial charge is 0.494 e. The molecule has 0 N–H and O–H groups in total. The molecule has 0 unspecified atom stereocenters. The van der Waals surface area contributed by atoms with Crippen LogP contribution in [0.3, 0.4) is 0 Å². The molecule has 1 aliphatic rings. The van der Waals surface area contributed by atoms with E-state index < -0.39 is 0 Å². The maximum atomic E-state index is 12.9. The van der Waals surface area contributed by atoms with Gasteiger partial charge in [-0.3, -0.25) is 14.5 Å². The second-order valence-corrected chi connectivity index (χ2v) is 8.23. The number of ether oxygens (including phenoxy) is 1. The number of nitrogens with zero attached hydrogens (tertiary/aromatic N) is 1. The zero-order chi connectivity index (χ0) is 20.5. The number of fused-ring (bicyclic) bond motifs is 1. The van der Waals surface area contributed by atoms with E-state index in [1.807, 2.05) is 42.5 Å². The van der Waals surface area contributed by atoms with Crippen molar-refractivity contribution < 1.29 is 14.3 Å². The maximum absolute atomic E-state index is 12.9. The first kappa shape index (κ1) is 19.8. The number of methoxy groups -OCH3 is 1. The van der Waals surface area contributed by atoms with E-state index in [9.17, 15) is 9.59 Å². The lowest BCUT2D eigenvalue weighted by molar-refractivity contribution is -0.123. The lowest BCUT2D eigenvalue weighted by Gasteiger charge is -2.14. The predicted molar refractivity (Wildman–Crippen MR) is 118 cm³/mol. The van der Waals surface area contributed by atoms with Crippen LogP contribution in [0.15, 0.2) is 59.5 Å². The molecule has 4 rings (SSSR count). The molecule has 3 aromatic carbocycles. The minimum absolute atomic E-state index is 0.216. The Labute approximate surface area is 182 Å². The Kier molecular flexibility index (Phi) is 5.54. The number of carbonyl (C=O) groups excluding carboxylic acids is 2. The molecule has 1 aliphatic heterocycles. The van der Waals surface area contributed by atoms with Crippen LogP contribution >= 0.6 is 35.0 Å². The Balaban J connectivity index is 1.63. The van der Waals surface area contributed by atoms with Crippen molar-refractivity contribution in [2.24, 2.45) is 0 Å². The van der Waals surface area contributed by atoms with E-state index >= 15 is 0 Å². The van der Waals surface area contributed by atoms with Gasteiger partial charge in [0.2, 0.25) is 0 Å². The van der Waals surface area contributed by atoms with Gasteiger partial charge in [-0.25, -0.2) is 0 Å². The Hall–Kier alpha value is -2.47. The number of hydrogen-bond acceptors (Lipinski definition) is 4. The molecule has 1 saturated heterocycles. The quantitative estimate of drug-likeness (QED) is 0.438. The van der Waals surface area contributed by atoms with Gasteiger partial charge < -0.3 is 4.74 Å². The molecule has 0 radical (unpaired) electrons. The normalized spacial score (nSPS) is 15.6. The summed E-state index contributed by atoms with van der Waals surface area (Å²) in [6.07, 6.45) is 1.62. The standard InChI is InChI=1S/C22H15Cl2NO3S/c1-28-20-17(23)9-13(10-18(20)24)11-19-21(26)25(22(27)29-19)12-15-7-4-6-14-5-2-3-8-16(14)15/h2-11H,12H2,1H3/b19-11+. The Morgan fingerprint density at radius 3 is 2.45 bits per heavy atom. The molecule has 2 amide bonds. The zero-order valence-corrected chi connectivity index (χ0v) is 17.6. The van der Waals surface area contributed by atoms with Crippen LogP contribution in [0, 0.1) is 0 Å². The fourth-order valence-electron chi connectivity index (χ4n) is 3.25. The van der Waals surface area contributed by atoms with Gasteiger partial charge in [-0.1, -0.05) is 65.7 Å². The highest BCUT2D eigenvalue weighted by Gasteiger charge is 2.35. The summed E-state index contributed by atoms with van der Waals surface area (Å²) in [5.41, 5.74) is 1.54. The summed E-state index contributed by atoms with van der Waals surface area (Å²) in [6.45, 7) is 0.216. The number of hydrogen-bond donors (Lipinski definition) is 0. The molecule has 29 heavy (non-hydrogen) atoms. The highest BCUT2D eigenvalue weighted by molar-refractivity contribution is 8.18. The van der Waals surface area contributed by atoms with Gasteiger partial charge in [0.1, 0.15) is 0 Å². The topological polar surface area (TPSA) is 46.6 Å². The van der Waals surface area contributed by atoms with Crippen molar-refractivity contribution >= 4 is 63.0 Å². The van der Waals surface area contributed by atoms with Gasteiger partial charge in [0.05, 0.1) is 28.6 Å². The van der Waals surface area contributed by atoms with E-state index in [4.69, 9.17) is 27.9 Å². The molecule has 0 spiro atoms. The van der Waals surface area contributed by atoms with E-state index in [1.165, 1.54) is 12.0 Å². The van der Waals surface area contributed by atoms with Gasteiger partial charge in [0.15, 0.2) is 5.75 Å². The average Bonchev–Trinajstić information content (AvgIpc) is 2.95. The summed E-state index contributed by atoms with van der Waals surface area (Å²) in [7, 11) is 1.48. The molecule has 0 bridgehead atoms. The summed E-state index contributed by atoms with van der Waals surface area (Å²) < 4.78 is 5.14. The van der Waals surface area contributed by atoms with E-state index in [0.717, 1.165) is 28.1 Å². The van der Waals surface area contributed by atoms with Crippen LogP contribution in [0.4, 0.5) is 4.79 Å². The minimum atomic E-state index is -0.337. The summed E-state index contributed by atoms with van der Waals surface area (Å²) in [6, 6.07) is 17.0. The van der Waals surface area contributed by atoms with Gasteiger partial charge in [-0.2, -0.15) is 0 Å². The number of amides is 2. The predicted octanol–water partition coefficient (Wildman–Crippen LogP) is 6.39. The van der Waals surface area contributed by atoms with Gasteiger partial charge in [0.25, 0.3) is 11.1 Å². The first-order valence-electron chi connectivity index (χ1n) is 8.73. The molecule has 1 fully saturated rings. The smallest absolute Gasteiger partial charge is 0.293 e. The molecule has 7 heteroatoms. The third kappa shape index (κ3) is 3.86. The second-order valence-electron chi connectivity index (χ2n) is 6.42. The maximum Gasteiger partial charge on any atom is 0.293 e. The van der Waals surface area contributed by atoms with Crippen LogP contribution in [0.25, 0.3) is 16.8 Å². The third-order valence-electron chi connectivity index (χ3n) is 4.60. The van der Waals surface area contributed by atoms with Gasteiger partial charge in [-0.15, -0.1) is 0 Å². The van der Waals surface area contributed by atoms with Crippen LogP contribution in [0.5, 0.6) is 5.75 Å². The van der Waals surface area contributed by atoms with E-state index in [-0.39, 0.29) is 17.7 Å². The number of thioether (sulfide) groups is 1. The van der Waals surface area contributed by atoms with Crippen molar-refractivity contribution in [2.45, 2.75) is 6.54 Å². The first-order valence-corrected chi connectivity index (χ1v) is 10.3. The SMILES string of the molecule is COc1c(Cl)cc(/C=C2/SC(=O)N(Cc3cccc4ccccc34)C2=O)cc1Cl. The van der Waals surface area contributed by atoms with Crippen LogP contribution in [-0.4, -0.2) is 23.2 Å². The molecular weight excluding hydrogens is 429 g/mol. The molecule has 0 aliphatic carbocycles. The zero-order valence-electron chi connectivity index (χ0n) is 15.3. The number of benzene rings is 3. The van der Waals surface area contributed by atoms with Crippen molar-refractivity contribution in [3.8, 4) is 5.75 Å². The molecule has 1 heterocycles. The summed E-state index contributed by atoms with van der Waals surface area (Å²) in [4.78, 5) is 27.0. The molecule has 3 aromatic rings. The Bertz CT molecular complexity index is 1150. The third-order valence-corrected chi connectivity index (χ3v) is 6.07. The molecular formula is C22H15Cl2NO3S. The van der Waals surface area contributed by atoms with E-state index in [0.29, 0.717) is 26.3 Å². The molecule has 0 atom stereocenters. The van der Waals surface area contributed by atoms with Crippen LogP contribution in [-0.2, 0) is 11.3 Å². The lowest BCUT2D eigenvalue weighted by Crippen LogP contribution is -2.27. The minimum Gasteiger partial charge on any atom is -0.494 e. The summed E-state index contributed by atoms with van der Waals surface area (Å²) in [5, 5.41) is 2.45. The lowest BCUT2D eigenvalue weighted by atomic mass is 10.0. The summed E-state index contributed by atoms with van der Waals surface area (Å²) >= 11 is 13.2. The van der Waals surface area contributed by atoms with Gasteiger partial charge >= 0.3 is 0 Å². The van der Waals surface area contributed by atoms with E-state index in [2.05, 4.69) is 0 Å². The van der Waals surface area contributed by atoms with Gasteiger partial charge in [-0.05, 0) is 51.9 Å². The van der Waals surface area contributed by atoms with Crippen molar-refractivity contribution in [3.05, 3.63) is 80.7 Å². The monoisotopic (exact) mass is 443 g/mol. The van der Waals surface area contributed by atoms with Crippen molar-refractivity contribution in [3.63, 3.8) is 0 Å². The number of imide groups is 1. The molecule has 146 valence electrons. The average molecular weight is 444 g/mol. The molecule has 0 aromatic heterocycles. The molecule has 0 saturated carbocycles. The first-order chi connectivity index (χ1) is 14.0. The van der Waals surface area contributed by atoms with Crippen molar-refractivity contribution in [2.75, 3.05) is 7.11 Å². The molecule has 4 nitrogen and oxygen atoms in total. The highest BCUT2D eigenvalue weighted by atomic mass is 35.5. The highest BCUT2D eigenvalue weighted by Crippen LogP contribution is 2.37. The van der Waals surface area contributed by atoms with Crippen LogP contribution in [0.2, 0.25) is 10.0 Å². The van der Waals surface area contributed by atoms with Crippen molar-refractivity contribution in [1.29, 1.82) is 0 Å².